The van der Waals surface area contributed by atoms with Gasteiger partial charge >= 0.3 is 0 Å². The number of ether oxygens (including phenoxy) is 3. The van der Waals surface area contributed by atoms with Crippen LogP contribution in [0.5, 0.6) is 17.2 Å². The summed E-state index contributed by atoms with van der Waals surface area (Å²) < 4.78 is 17.0. The van der Waals surface area contributed by atoms with E-state index >= 15 is 0 Å². The largest absolute Gasteiger partial charge is 0.507 e. The molecule has 0 radical (unpaired) electrons. The number of likely N-dealkylation sites (tertiary alicyclic amines) is 1. The van der Waals surface area contributed by atoms with Gasteiger partial charge in [0.2, 0.25) is 0 Å². The zero-order chi connectivity index (χ0) is 27.1. The standard InChI is InChI=1S/C30H32N2O6/c1-4-6-16-38-24-11-10-21(18-25(24)36-3)27-26(28(33)22-8-7-9-23(17-22)37-5-2)29(34)30(35)32(27)19-20-12-14-31-15-13-20/h7-15,17-18,27,33H,4-6,16,19H2,1-3H3. The molecule has 0 saturated carbocycles. The summed E-state index contributed by atoms with van der Waals surface area (Å²) in [4.78, 5) is 32.2. The predicted molar refractivity (Wildman–Crippen MR) is 143 cm³/mol. The smallest absolute Gasteiger partial charge is 0.295 e. The third kappa shape index (κ3) is 5.64. The van der Waals surface area contributed by atoms with Crippen molar-refractivity contribution in [2.24, 2.45) is 0 Å². The van der Waals surface area contributed by atoms with Gasteiger partial charge in [-0.2, -0.15) is 0 Å². The Labute approximate surface area is 222 Å². The third-order valence-corrected chi connectivity index (χ3v) is 6.32. The van der Waals surface area contributed by atoms with E-state index in [1.807, 2.05) is 6.92 Å². The summed E-state index contributed by atoms with van der Waals surface area (Å²) >= 11 is 0. The molecule has 0 aliphatic carbocycles. The van der Waals surface area contributed by atoms with Crippen LogP contribution in [0.2, 0.25) is 0 Å². The second kappa shape index (κ2) is 12.3. The maximum absolute atomic E-state index is 13.4. The van der Waals surface area contributed by atoms with Crippen LogP contribution in [-0.4, -0.2) is 47.0 Å². The number of amides is 1. The number of carbonyl (C=O) groups excluding carboxylic acids is 2. The summed E-state index contributed by atoms with van der Waals surface area (Å²) in [6, 6.07) is 14.9. The van der Waals surface area contributed by atoms with E-state index in [2.05, 4.69) is 11.9 Å². The van der Waals surface area contributed by atoms with E-state index in [4.69, 9.17) is 14.2 Å². The zero-order valence-electron chi connectivity index (χ0n) is 21.8. The summed E-state index contributed by atoms with van der Waals surface area (Å²) in [6.45, 7) is 5.10. The van der Waals surface area contributed by atoms with Crippen LogP contribution in [0.25, 0.3) is 5.76 Å². The van der Waals surface area contributed by atoms with Crippen LogP contribution >= 0.6 is 0 Å². The van der Waals surface area contributed by atoms with Crippen LogP contribution in [0.1, 0.15) is 49.4 Å². The molecule has 8 nitrogen and oxygen atoms in total. The van der Waals surface area contributed by atoms with Crippen molar-refractivity contribution in [2.45, 2.75) is 39.3 Å². The number of aliphatic hydroxyl groups is 1. The minimum Gasteiger partial charge on any atom is -0.507 e. The minimum absolute atomic E-state index is 0.000547. The molecule has 1 N–H and O–H groups in total. The number of benzene rings is 2. The van der Waals surface area contributed by atoms with Crippen molar-refractivity contribution in [1.29, 1.82) is 0 Å². The van der Waals surface area contributed by atoms with Gasteiger partial charge < -0.3 is 24.2 Å². The van der Waals surface area contributed by atoms with E-state index < -0.39 is 17.7 Å². The van der Waals surface area contributed by atoms with E-state index in [1.54, 1.807) is 74.1 Å². The van der Waals surface area contributed by atoms with E-state index in [-0.39, 0.29) is 17.9 Å². The number of ketones is 1. The molecule has 8 heteroatoms. The highest BCUT2D eigenvalue weighted by atomic mass is 16.5. The average Bonchev–Trinajstić information content (AvgIpc) is 3.18. The van der Waals surface area contributed by atoms with Gasteiger partial charge in [-0.3, -0.25) is 14.6 Å². The molecule has 2 heterocycles. The molecule has 1 amide bonds. The number of pyridine rings is 1. The Bertz CT molecular complexity index is 1320. The number of rotatable bonds is 11. The highest BCUT2D eigenvalue weighted by molar-refractivity contribution is 6.46. The highest BCUT2D eigenvalue weighted by Gasteiger charge is 2.46. The van der Waals surface area contributed by atoms with Crippen molar-refractivity contribution in [1.82, 2.24) is 9.88 Å². The molecular formula is C30H32N2O6. The lowest BCUT2D eigenvalue weighted by atomic mass is 9.94. The van der Waals surface area contributed by atoms with Crippen LogP contribution in [0, 0.1) is 0 Å². The molecule has 38 heavy (non-hydrogen) atoms. The molecule has 2 aromatic carbocycles. The Balaban J connectivity index is 1.83. The highest BCUT2D eigenvalue weighted by Crippen LogP contribution is 2.43. The number of methoxy groups -OCH3 is 1. The normalized spacial score (nSPS) is 16.5. The Morgan fingerprint density at radius 3 is 2.50 bits per heavy atom. The first-order chi connectivity index (χ1) is 18.5. The second-order valence-corrected chi connectivity index (χ2v) is 8.86. The van der Waals surface area contributed by atoms with Gasteiger partial charge in [0.15, 0.2) is 11.5 Å². The minimum atomic E-state index is -0.850. The number of unbranched alkanes of at least 4 members (excludes halogenated alkanes) is 1. The topological polar surface area (TPSA) is 98.2 Å². The lowest BCUT2D eigenvalue weighted by Crippen LogP contribution is -2.29. The first-order valence-electron chi connectivity index (χ1n) is 12.7. The van der Waals surface area contributed by atoms with Gasteiger partial charge in [0.25, 0.3) is 11.7 Å². The number of Topliss-reactive ketones (excluding diaryl/α,β-unsaturated/α-hetero) is 1. The molecule has 1 aromatic heterocycles. The molecule has 4 rings (SSSR count). The molecule has 1 fully saturated rings. The number of hydrogen-bond donors (Lipinski definition) is 1. The average molecular weight is 517 g/mol. The van der Waals surface area contributed by atoms with E-state index in [1.165, 1.54) is 4.90 Å². The third-order valence-electron chi connectivity index (χ3n) is 6.32. The van der Waals surface area contributed by atoms with Crippen molar-refractivity contribution in [3.63, 3.8) is 0 Å². The van der Waals surface area contributed by atoms with Crippen molar-refractivity contribution in [3.05, 3.63) is 89.3 Å². The van der Waals surface area contributed by atoms with Crippen LogP contribution < -0.4 is 14.2 Å². The number of nitrogens with zero attached hydrogens (tertiary/aromatic N) is 2. The molecule has 1 atom stereocenters. The summed E-state index contributed by atoms with van der Waals surface area (Å²) in [7, 11) is 1.54. The first-order valence-corrected chi connectivity index (χ1v) is 12.7. The number of carbonyl (C=O) groups is 2. The van der Waals surface area contributed by atoms with Gasteiger partial charge in [-0.15, -0.1) is 0 Å². The van der Waals surface area contributed by atoms with E-state index in [0.717, 1.165) is 18.4 Å². The fourth-order valence-corrected chi connectivity index (χ4v) is 4.43. The first kappa shape index (κ1) is 26.7. The Morgan fingerprint density at radius 1 is 1.00 bits per heavy atom. The molecule has 1 aliphatic heterocycles. The molecule has 0 spiro atoms. The van der Waals surface area contributed by atoms with Crippen molar-refractivity contribution in [3.8, 4) is 17.2 Å². The van der Waals surface area contributed by atoms with Crippen molar-refractivity contribution in [2.75, 3.05) is 20.3 Å². The van der Waals surface area contributed by atoms with Crippen molar-refractivity contribution < 1.29 is 28.9 Å². The van der Waals surface area contributed by atoms with Gasteiger partial charge in [-0.25, -0.2) is 0 Å². The Hall–Kier alpha value is -4.33. The van der Waals surface area contributed by atoms with Crippen molar-refractivity contribution >= 4 is 17.4 Å². The molecule has 3 aromatic rings. The number of aromatic nitrogens is 1. The SMILES string of the molecule is CCCCOc1ccc(C2C(=C(O)c3cccc(OCC)c3)C(=O)C(=O)N2Cc2ccncc2)cc1OC. The second-order valence-electron chi connectivity index (χ2n) is 8.86. The fraction of sp³-hybridized carbons (Fsp3) is 0.300. The van der Waals surface area contributed by atoms with E-state index in [0.29, 0.717) is 41.6 Å². The van der Waals surface area contributed by atoms with E-state index in [9.17, 15) is 14.7 Å². The number of hydrogen-bond acceptors (Lipinski definition) is 7. The number of aliphatic hydroxyl groups excluding tert-OH is 1. The maximum atomic E-state index is 13.4. The van der Waals surface area contributed by atoms with Gasteiger partial charge in [0.05, 0.1) is 31.9 Å². The molecule has 1 unspecified atom stereocenters. The molecule has 1 aliphatic rings. The maximum Gasteiger partial charge on any atom is 0.295 e. The van der Waals surface area contributed by atoms with Gasteiger partial charge in [-0.1, -0.05) is 31.5 Å². The Kier molecular flexibility index (Phi) is 8.63. The zero-order valence-corrected chi connectivity index (χ0v) is 21.8. The van der Waals surface area contributed by atoms with Gasteiger partial charge in [0.1, 0.15) is 11.5 Å². The van der Waals surface area contributed by atoms with Crippen LogP contribution in [0.3, 0.4) is 0 Å². The molecular weight excluding hydrogens is 484 g/mol. The van der Waals surface area contributed by atoms with Gasteiger partial charge in [0, 0.05) is 24.5 Å². The summed E-state index contributed by atoms with van der Waals surface area (Å²) in [5, 5.41) is 11.4. The molecule has 1 saturated heterocycles. The quantitative estimate of drug-likeness (QED) is 0.160. The molecule has 198 valence electrons. The van der Waals surface area contributed by atoms with Crippen LogP contribution in [0.15, 0.2) is 72.6 Å². The summed E-state index contributed by atoms with van der Waals surface area (Å²) in [5.74, 6) is -0.127. The summed E-state index contributed by atoms with van der Waals surface area (Å²) in [6.07, 6.45) is 5.16. The monoisotopic (exact) mass is 516 g/mol. The van der Waals surface area contributed by atoms with Crippen LogP contribution in [-0.2, 0) is 16.1 Å². The van der Waals surface area contributed by atoms with Crippen LogP contribution in [0.4, 0.5) is 0 Å². The summed E-state index contributed by atoms with van der Waals surface area (Å²) in [5.41, 5.74) is 1.80. The predicted octanol–water partition coefficient (Wildman–Crippen LogP) is 5.29. The fourth-order valence-electron chi connectivity index (χ4n) is 4.43. The Morgan fingerprint density at radius 2 is 1.79 bits per heavy atom. The lowest BCUT2D eigenvalue weighted by Gasteiger charge is -2.26. The lowest BCUT2D eigenvalue weighted by molar-refractivity contribution is -0.140. The van der Waals surface area contributed by atoms with Gasteiger partial charge in [-0.05, 0) is 60.9 Å². The molecule has 0 bridgehead atoms.